The van der Waals surface area contributed by atoms with Crippen molar-refractivity contribution in [2.45, 2.75) is 34.1 Å². The van der Waals surface area contributed by atoms with Gasteiger partial charge < -0.3 is 14.2 Å². The standard InChI is InChI=1S/C20H24O6/c1-5-24-14-9-7-13(8-10-14)18(22)26-15-11-16(21)17(19(23)25-6-2)20(3,4)12-15/h7-11,17H,5-6,12H2,1-4H3. The van der Waals surface area contributed by atoms with Crippen molar-refractivity contribution in [2.75, 3.05) is 13.2 Å². The molecule has 0 fully saturated rings. The van der Waals surface area contributed by atoms with Crippen molar-refractivity contribution in [1.29, 1.82) is 0 Å². The number of ether oxygens (including phenoxy) is 3. The summed E-state index contributed by atoms with van der Waals surface area (Å²) in [4.78, 5) is 36.8. The summed E-state index contributed by atoms with van der Waals surface area (Å²) in [5, 5.41) is 0. The molecule has 0 saturated heterocycles. The number of hydrogen-bond acceptors (Lipinski definition) is 6. The van der Waals surface area contributed by atoms with E-state index in [0.717, 1.165) is 0 Å². The number of carbonyl (C=O) groups excluding carboxylic acids is 3. The molecule has 26 heavy (non-hydrogen) atoms. The summed E-state index contributed by atoms with van der Waals surface area (Å²) in [6.07, 6.45) is 1.50. The molecule has 0 saturated carbocycles. The fraction of sp³-hybridized carbons (Fsp3) is 0.450. The third-order valence-electron chi connectivity index (χ3n) is 4.15. The quantitative estimate of drug-likeness (QED) is 0.572. The van der Waals surface area contributed by atoms with Crippen molar-refractivity contribution >= 4 is 17.7 Å². The van der Waals surface area contributed by atoms with Crippen molar-refractivity contribution in [3.8, 4) is 5.75 Å². The summed E-state index contributed by atoms with van der Waals surface area (Å²) in [6.45, 7) is 7.88. The fourth-order valence-corrected chi connectivity index (χ4v) is 2.99. The fourth-order valence-electron chi connectivity index (χ4n) is 2.99. The molecule has 6 heteroatoms. The third kappa shape index (κ3) is 4.50. The lowest BCUT2D eigenvalue weighted by Crippen LogP contribution is -2.41. The van der Waals surface area contributed by atoms with E-state index in [2.05, 4.69) is 0 Å². The molecular formula is C20H24O6. The molecule has 1 aromatic rings. The Balaban J connectivity index is 2.12. The first-order chi connectivity index (χ1) is 12.3. The average molecular weight is 360 g/mol. The number of hydrogen-bond donors (Lipinski definition) is 0. The molecule has 0 heterocycles. The largest absolute Gasteiger partial charge is 0.494 e. The lowest BCUT2D eigenvalue weighted by molar-refractivity contribution is -0.156. The number of allylic oxidation sites excluding steroid dienone is 2. The second-order valence-electron chi connectivity index (χ2n) is 6.71. The molecule has 140 valence electrons. The van der Waals surface area contributed by atoms with E-state index in [1.54, 1.807) is 45.0 Å². The van der Waals surface area contributed by atoms with Crippen LogP contribution in [0.1, 0.15) is 44.5 Å². The van der Waals surface area contributed by atoms with Gasteiger partial charge in [0.1, 0.15) is 17.4 Å². The zero-order valence-corrected chi connectivity index (χ0v) is 15.5. The number of rotatable bonds is 6. The van der Waals surface area contributed by atoms with Crippen LogP contribution in [0.3, 0.4) is 0 Å². The monoisotopic (exact) mass is 360 g/mol. The van der Waals surface area contributed by atoms with Crippen LogP contribution < -0.4 is 4.74 Å². The normalized spacial score (nSPS) is 18.7. The first-order valence-corrected chi connectivity index (χ1v) is 8.64. The molecule has 0 bridgehead atoms. The minimum atomic E-state index is -0.893. The van der Waals surface area contributed by atoms with E-state index in [1.165, 1.54) is 6.08 Å². The molecule has 0 aliphatic heterocycles. The lowest BCUT2D eigenvalue weighted by atomic mass is 9.70. The molecule has 0 N–H and O–H groups in total. The second-order valence-corrected chi connectivity index (χ2v) is 6.71. The molecule has 1 atom stereocenters. The van der Waals surface area contributed by atoms with Gasteiger partial charge in [-0.3, -0.25) is 9.59 Å². The minimum absolute atomic E-state index is 0.210. The van der Waals surface area contributed by atoms with Gasteiger partial charge in [-0.25, -0.2) is 4.79 Å². The maximum Gasteiger partial charge on any atom is 0.343 e. The van der Waals surface area contributed by atoms with Gasteiger partial charge in [-0.2, -0.15) is 0 Å². The Bertz CT molecular complexity index is 714. The molecule has 2 rings (SSSR count). The van der Waals surface area contributed by atoms with E-state index in [1.807, 2.05) is 6.92 Å². The Morgan fingerprint density at radius 1 is 1.12 bits per heavy atom. The van der Waals surface area contributed by atoms with E-state index in [0.29, 0.717) is 17.9 Å². The van der Waals surface area contributed by atoms with Gasteiger partial charge >= 0.3 is 11.9 Å². The van der Waals surface area contributed by atoms with Crippen molar-refractivity contribution in [1.82, 2.24) is 0 Å². The van der Waals surface area contributed by atoms with Crippen molar-refractivity contribution < 1.29 is 28.6 Å². The molecule has 0 amide bonds. The topological polar surface area (TPSA) is 78.9 Å². The van der Waals surface area contributed by atoms with Gasteiger partial charge in [0.25, 0.3) is 0 Å². The van der Waals surface area contributed by atoms with Crippen molar-refractivity contribution in [3.63, 3.8) is 0 Å². The van der Waals surface area contributed by atoms with Crippen molar-refractivity contribution in [3.05, 3.63) is 41.7 Å². The van der Waals surface area contributed by atoms with E-state index < -0.39 is 29.1 Å². The average Bonchev–Trinajstić information content (AvgIpc) is 2.54. The highest BCUT2D eigenvalue weighted by molar-refractivity contribution is 6.07. The smallest absolute Gasteiger partial charge is 0.343 e. The van der Waals surface area contributed by atoms with Crippen LogP contribution in [0, 0.1) is 11.3 Å². The summed E-state index contributed by atoms with van der Waals surface area (Å²) < 4.78 is 15.7. The SMILES string of the molecule is CCOC(=O)C1C(=O)C=C(OC(=O)c2ccc(OCC)cc2)CC1(C)C. The van der Waals surface area contributed by atoms with Crippen LogP contribution in [0.15, 0.2) is 36.1 Å². The van der Waals surface area contributed by atoms with Gasteiger partial charge in [0.05, 0.1) is 18.8 Å². The van der Waals surface area contributed by atoms with Gasteiger partial charge in [0.15, 0.2) is 5.78 Å². The molecule has 0 spiro atoms. The maximum absolute atomic E-state index is 12.4. The van der Waals surface area contributed by atoms with Crippen LogP contribution in [-0.2, 0) is 19.1 Å². The number of carbonyl (C=O) groups is 3. The zero-order chi connectivity index (χ0) is 19.3. The van der Waals surface area contributed by atoms with Gasteiger partial charge in [-0.05, 0) is 43.5 Å². The van der Waals surface area contributed by atoms with Crippen LogP contribution in [0.2, 0.25) is 0 Å². The minimum Gasteiger partial charge on any atom is -0.494 e. The maximum atomic E-state index is 12.4. The lowest BCUT2D eigenvalue weighted by Gasteiger charge is -2.34. The molecule has 1 unspecified atom stereocenters. The molecule has 1 aliphatic rings. The highest BCUT2D eigenvalue weighted by atomic mass is 16.5. The van der Waals surface area contributed by atoms with Crippen LogP contribution in [0.25, 0.3) is 0 Å². The molecule has 1 aliphatic carbocycles. The molecule has 6 nitrogen and oxygen atoms in total. The molecular weight excluding hydrogens is 336 g/mol. The highest BCUT2D eigenvalue weighted by Gasteiger charge is 2.45. The van der Waals surface area contributed by atoms with Crippen molar-refractivity contribution in [2.24, 2.45) is 11.3 Å². The third-order valence-corrected chi connectivity index (χ3v) is 4.15. The van der Waals surface area contributed by atoms with Gasteiger partial charge in [-0.1, -0.05) is 13.8 Å². The van der Waals surface area contributed by atoms with Crippen LogP contribution >= 0.6 is 0 Å². The molecule has 0 aromatic heterocycles. The first kappa shape index (κ1) is 19.7. The van der Waals surface area contributed by atoms with Gasteiger partial charge in [0, 0.05) is 12.5 Å². The number of ketones is 1. The Kier molecular flexibility index (Phi) is 6.18. The van der Waals surface area contributed by atoms with Crippen LogP contribution in [0.5, 0.6) is 5.75 Å². The Labute approximate surface area is 153 Å². The Morgan fingerprint density at radius 3 is 2.31 bits per heavy atom. The summed E-state index contributed by atoms with van der Waals surface area (Å²) in [7, 11) is 0. The number of esters is 2. The van der Waals surface area contributed by atoms with E-state index in [4.69, 9.17) is 14.2 Å². The van der Waals surface area contributed by atoms with Crippen LogP contribution in [0.4, 0.5) is 0 Å². The Hall–Kier alpha value is -2.63. The summed E-state index contributed by atoms with van der Waals surface area (Å²) in [5.74, 6) is -1.49. The van der Waals surface area contributed by atoms with E-state index in [9.17, 15) is 14.4 Å². The summed E-state index contributed by atoms with van der Waals surface area (Å²) in [6, 6.07) is 6.57. The predicted molar refractivity (Wildman–Crippen MR) is 94.6 cm³/mol. The van der Waals surface area contributed by atoms with E-state index >= 15 is 0 Å². The summed E-state index contributed by atoms with van der Waals surface area (Å²) >= 11 is 0. The first-order valence-electron chi connectivity index (χ1n) is 8.64. The Morgan fingerprint density at radius 2 is 1.77 bits per heavy atom. The number of benzene rings is 1. The van der Waals surface area contributed by atoms with Gasteiger partial charge in [0.2, 0.25) is 0 Å². The van der Waals surface area contributed by atoms with E-state index in [-0.39, 0.29) is 18.8 Å². The second kappa shape index (κ2) is 8.17. The summed E-state index contributed by atoms with van der Waals surface area (Å²) in [5.41, 5.74) is -0.348. The van der Waals surface area contributed by atoms with Gasteiger partial charge in [-0.15, -0.1) is 0 Å². The molecule has 1 aromatic carbocycles. The molecule has 0 radical (unpaired) electrons. The highest BCUT2D eigenvalue weighted by Crippen LogP contribution is 2.40. The van der Waals surface area contributed by atoms with Crippen LogP contribution in [-0.4, -0.2) is 30.9 Å². The predicted octanol–water partition coefficient (Wildman–Crippen LogP) is 3.30. The zero-order valence-electron chi connectivity index (χ0n) is 15.5.